The number of pyridine rings is 1. The van der Waals surface area contributed by atoms with Crippen LogP contribution in [0.4, 0.5) is 24.7 Å². The number of hydrogen-bond donors (Lipinski definition) is 1. The summed E-state index contributed by atoms with van der Waals surface area (Å²) in [5, 5.41) is 11.8. The number of hydrogen-bond acceptors (Lipinski definition) is 8. The molecule has 4 aromatic rings. The maximum atomic E-state index is 13.2. The van der Waals surface area contributed by atoms with Gasteiger partial charge in [-0.2, -0.15) is 13.2 Å². The second-order valence-electron chi connectivity index (χ2n) is 9.15. The van der Waals surface area contributed by atoms with Gasteiger partial charge in [0, 0.05) is 30.6 Å². The van der Waals surface area contributed by atoms with Gasteiger partial charge in [-0.25, -0.2) is 15.0 Å². The summed E-state index contributed by atoms with van der Waals surface area (Å²) in [6, 6.07) is -0.105. The van der Waals surface area contributed by atoms with Crippen LogP contribution in [-0.2, 0) is 0 Å². The number of anilines is 2. The van der Waals surface area contributed by atoms with Gasteiger partial charge in [-0.1, -0.05) is 0 Å². The van der Waals surface area contributed by atoms with Crippen LogP contribution in [0.15, 0.2) is 36.5 Å². The van der Waals surface area contributed by atoms with Crippen LogP contribution in [0.25, 0.3) is 16.5 Å². The Kier molecular flexibility index (Phi) is 5.70. The molecule has 5 heterocycles. The Labute approximate surface area is 213 Å². The summed E-state index contributed by atoms with van der Waals surface area (Å²) in [6.45, 7) is 2.86. The number of imidazole rings is 1. The fourth-order valence-electron chi connectivity index (χ4n) is 4.08. The molecule has 1 aliphatic carbocycles. The van der Waals surface area contributed by atoms with Crippen LogP contribution in [0.3, 0.4) is 0 Å². The third kappa shape index (κ3) is 4.56. The van der Waals surface area contributed by atoms with E-state index in [1.165, 1.54) is 5.38 Å². The molecule has 1 amide bonds. The number of halogens is 3. The second-order valence-corrected chi connectivity index (χ2v) is 10.0. The first-order valence-electron chi connectivity index (χ1n) is 11.8. The molecule has 0 radical (unpaired) electrons. The van der Waals surface area contributed by atoms with Crippen molar-refractivity contribution in [2.75, 3.05) is 23.3 Å². The Hall–Kier alpha value is -3.81. The third-order valence-corrected chi connectivity index (χ3v) is 7.41. The standard InChI is InChI=1S/C23H22F3N9OS/c1-13(23(24,25)26)35-12-29-32-20(35)22-31-19(10-37-22)30-21(36)15-7-17(18(8-27-15)33-5-2-6-33)34-9-16(28-11-34)14-3-4-14/h7-14H,2-6H2,1H3,(H,30,36)/t13-/m0/s1. The summed E-state index contributed by atoms with van der Waals surface area (Å²) < 4.78 is 42.5. The monoisotopic (exact) mass is 529 g/mol. The van der Waals surface area contributed by atoms with Crippen LogP contribution >= 0.6 is 11.3 Å². The highest BCUT2D eigenvalue weighted by atomic mass is 32.1. The van der Waals surface area contributed by atoms with Crippen LogP contribution in [-0.4, -0.2) is 59.5 Å². The predicted octanol–water partition coefficient (Wildman–Crippen LogP) is 4.45. The number of carbonyl (C=O) groups is 1. The van der Waals surface area contributed by atoms with Crippen molar-refractivity contribution in [1.29, 1.82) is 0 Å². The van der Waals surface area contributed by atoms with Crippen molar-refractivity contribution >= 4 is 28.7 Å². The summed E-state index contributed by atoms with van der Waals surface area (Å²) in [7, 11) is 0. The highest BCUT2D eigenvalue weighted by Gasteiger charge is 2.39. The molecule has 1 saturated heterocycles. The summed E-state index contributed by atoms with van der Waals surface area (Å²) in [6.07, 6.45) is 5.38. The smallest absolute Gasteiger partial charge is 0.368 e. The minimum atomic E-state index is -4.47. The van der Waals surface area contributed by atoms with Crippen LogP contribution in [0.2, 0.25) is 0 Å². The average molecular weight is 530 g/mol. The first-order valence-corrected chi connectivity index (χ1v) is 12.7. The Balaban J connectivity index is 1.24. The molecular weight excluding hydrogens is 507 g/mol. The van der Waals surface area contributed by atoms with Gasteiger partial charge in [-0.15, -0.1) is 21.5 Å². The van der Waals surface area contributed by atoms with Crippen molar-refractivity contribution in [3.8, 4) is 16.5 Å². The number of thiazole rings is 1. The molecule has 1 aliphatic heterocycles. The van der Waals surface area contributed by atoms with E-state index < -0.39 is 18.1 Å². The molecule has 0 aromatic carbocycles. The van der Waals surface area contributed by atoms with Crippen molar-refractivity contribution in [3.05, 3.63) is 47.9 Å². The van der Waals surface area contributed by atoms with E-state index in [0.717, 1.165) is 78.6 Å². The van der Waals surface area contributed by atoms with Crippen molar-refractivity contribution in [2.24, 2.45) is 0 Å². The Morgan fingerprint density at radius 2 is 2.00 bits per heavy atom. The van der Waals surface area contributed by atoms with Crippen LogP contribution in [0.1, 0.15) is 54.3 Å². The van der Waals surface area contributed by atoms with E-state index in [1.807, 2.05) is 10.8 Å². The SMILES string of the molecule is C[C@H](n1cnnc1-c1nc(NC(=O)c2cc(-n3cnc(C4CC4)c3)c(N3CCC3)cn2)cs1)C(F)(F)F. The van der Waals surface area contributed by atoms with Gasteiger partial charge in [0.15, 0.2) is 10.8 Å². The number of carbonyl (C=O) groups excluding carboxylic acids is 1. The van der Waals surface area contributed by atoms with E-state index in [2.05, 4.69) is 35.4 Å². The van der Waals surface area contributed by atoms with Crippen LogP contribution in [0.5, 0.6) is 0 Å². The minimum Gasteiger partial charge on any atom is -0.368 e. The molecule has 2 aliphatic rings. The largest absolute Gasteiger partial charge is 0.408 e. The molecule has 0 spiro atoms. The third-order valence-electron chi connectivity index (χ3n) is 6.57. The molecule has 0 bridgehead atoms. The molecular formula is C23H22F3N9OS. The van der Waals surface area contributed by atoms with E-state index in [1.54, 1.807) is 18.6 Å². The van der Waals surface area contributed by atoms with Gasteiger partial charge in [0.05, 0.1) is 29.6 Å². The second kappa shape index (κ2) is 8.94. The number of rotatable bonds is 7. The van der Waals surface area contributed by atoms with E-state index in [9.17, 15) is 18.0 Å². The quantitative estimate of drug-likeness (QED) is 0.377. The van der Waals surface area contributed by atoms with E-state index >= 15 is 0 Å². The number of nitrogens with zero attached hydrogens (tertiary/aromatic N) is 8. The number of amides is 1. The lowest BCUT2D eigenvalue weighted by atomic mass is 10.1. The lowest BCUT2D eigenvalue weighted by Gasteiger charge is -2.34. The first-order chi connectivity index (χ1) is 17.8. The van der Waals surface area contributed by atoms with Gasteiger partial charge in [0.2, 0.25) is 0 Å². The first kappa shape index (κ1) is 23.6. The number of alkyl halides is 3. The van der Waals surface area contributed by atoms with E-state index in [-0.39, 0.29) is 22.3 Å². The van der Waals surface area contributed by atoms with Gasteiger partial charge in [-0.05, 0) is 32.3 Å². The van der Waals surface area contributed by atoms with Gasteiger partial charge in [0.1, 0.15) is 23.9 Å². The van der Waals surface area contributed by atoms with Crippen LogP contribution < -0.4 is 10.2 Å². The minimum absolute atomic E-state index is 0.0267. The molecule has 0 unspecified atom stereocenters. The summed E-state index contributed by atoms with van der Waals surface area (Å²) in [4.78, 5) is 28.4. The Morgan fingerprint density at radius 1 is 1.19 bits per heavy atom. The maximum absolute atomic E-state index is 13.2. The maximum Gasteiger partial charge on any atom is 0.408 e. The zero-order chi connectivity index (χ0) is 25.7. The molecule has 37 heavy (non-hydrogen) atoms. The fourth-order valence-corrected chi connectivity index (χ4v) is 4.82. The van der Waals surface area contributed by atoms with Crippen molar-refractivity contribution in [3.63, 3.8) is 0 Å². The molecule has 14 heteroatoms. The molecule has 1 atom stereocenters. The summed E-state index contributed by atoms with van der Waals surface area (Å²) in [5.74, 6) is 0.178. The summed E-state index contributed by atoms with van der Waals surface area (Å²) in [5.41, 5.74) is 2.97. The zero-order valence-electron chi connectivity index (χ0n) is 19.7. The van der Waals surface area contributed by atoms with Crippen molar-refractivity contribution in [1.82, 2.24) is 34.3 Å². The Morgan fingerprint density at radius 3 is 2.70 bits per heavy atom. The van der Waals surface area contributed by atoms with Gasteiger partial charge >= 0.3 is 6.18 Å². The lowest BCUT2D eigenvalue weighted by Crippen LogP contribution is -2.37. The molecule has 10 nitrogen and oxygen atoms in total. The van der Waals surface area contributed by atoms with Crippen LogP contribution in [0, 0.1) is 0 Å². The molecule has 4 aromatic heterocycles. The van der Waals surface area contributed by atoms with E-state index in [0.29, 0.717) is 5.92 Å². The highest BCUT2D eigenvalue weighted by Crippen LogP contribution is 2.40. The van der Waals surface area contributed by atoms with Crippen molar-refractivity contribution < 1.29 is 18.0 Å². The topological polar surface area (TPSA) is 107 Å². The molecule has 2 fully saturated rings. The molecule has 1 N–H and O–H groups in total. The van der Waals surface area contributed by atoms with E-state index in [4.69, 9.17) is 0 Å². The highest BCUT2D eigenvalue weighted by molar-refractivity contribution is 7.13. The molecule has 6 rings (SSSR count). The van der Waals surface area contributed by atoms with Crippen molar-refractivity contribution in [2.45, 2.75) is 44.3 Å². The molecule has 192 valence electrons. The number of aromatic nitrogens is 7. The normalized spacial score (nSPS) is 16.5. The van der Waals surface area contributed by atoms with Gasteiger partial charge < -0.3 is 14.8 Å². The average Bonchev–Trinajstić information content (AvgIpc) is 3.22. The van der Waals surface area contributed by atoms with Gasteiger partial charge in [-0.3, -0.25) is 9.36 Å². The van der Waals surface area contributed by atoms with Gasteiger partial charge in [0.25, 0.3) is 5.91 Å². The predicted molar refractivity (Wildman–Crippen MR) is 130 cm³/mol. The molecule has 1 saturated carbocycles. The fraction of sp³-hybridized carbons (Fsp3) is 0.391. The Bertz CT molecular complexity index is 1450. The lowest BCUT2D eigenvalue weighted by molar-refractivity contribution is -0.162. The number of nitrogens with one attached hydrogen (secondary N) is 1. The summed E-state index contributed by atoms with van der Waals surface area (Å²) >= 11 is 1.06. The zero-order valence-corrected chi connectivity index (χ0v) is 20.5.